The van der Waals surface area contributed by atoms with Gasteiger partial charge in [-0.1, -0.05) is 35.9 Å². The molecular weight excluding hydrogens is 382 g/mol. The zero-order valence-corrected chi connectivity index (χ0v) is 16.1. The smallest absolute Gasteiger partial charge is 0.349 e. The third kappa shape index (κ3) is 3.73. The second-order valence-electron chi connectivity index (χ2n) is 5.92. The molecule has 0 spiro atoms. The summed E-state index contributed by atoms with van der Waals surface area (Å²) in [6.07, 6.45) is 2.27. The Morgan fingerprint density at radius 3 is 2.64 bits per heavy atom. The number of para-hydroxylation sites is 1. The molecule has 7 heteroatoms. The molecule has 0 atom stereocenters. The van der Waals surface area contributed by atoms with Crippen LogP contribution in [0.25, 0.3) is 11.0 Å². The van der Waals surface area contributed by atoms with Crippen molar-refractivity contribution in [1.29, 1.82) is 0 Å². The Morgan fingerprint density at radius 2 is 1.96 bits per heavy atom. The van der Waals surface area contributed by atoms with Crippen LogP contribution >= 0.6 is 11.6 Å². The summed E-state index contributed by atoms with van der Waals surface area (Å²) >= 11 is 6.08. The second-order valence-corrected chi connectivity index (χ2v) is 6.32. The fourth-order valence-corrected chi connectivity index (χ4v) is 3.06. The molecule has 1 aromatic heterocycles. The van der Waals surface area contributed by atoms with Gasteiger partial charge in [0.1, 0.15) is 22.6 Å². The molecule has 0 fully saturated rings. The minimum Gasteiger partial charge on any atom is -0.495 e. The van der Waals surface area contributed by atoms with Crippen molar-refractivity contribution < 1.29 is 18.7 Å². The van der Waals surface area contributed by atoms with E-state index in [1.165, 1.54) is 32.4 Å². The van der Waals surface area contributed by atoms with E-state index in [9.17, 15) is 9.59 Å². The highest BCUT2D eigenvalue weighted by Crippen LogP contribution is 2.36. The molecule has 0 saturated carbocycles. The van der Waals surface area contributed by atoms with Gasteiger partial charge < -0.3 is 19.2 Å². The van der Waals surface area contributed by atoms with Crippen LogP contribution in [0.2, 0.25) is 5.02 Å². The Bertz CT molecular complexity index is 1120. The van der Waals surface area contributed by atoms with E-state index >= 15 is 0 Å². The zero-order valence-electron chi connectivity index (χ0n) is 15.4. The van der Waals surface area contributed by atoms with Crippen molar-refractivity contribution in [3.63, 3.8) is 0 Å². The molecule has 2 aromatic carbocycles. The van der Waals surface area contributed by atoms with E-state index in [1.807, 2.05) is 12.1 Å². The van der Waals surface area contributed by atoms with E-state index in [-0.39, 0.29) is 5.56 Å². The van der Waals surface area contributed by atoms with E-state index in [4.69, 9.17) is 25.5 Å². The molecular formula is C21H18ClNO5. The van der Waals surface area contributed by atoms with E-state index < -0.39 is 11.5 Å². The van der Waals surface area contributed by atoms with Crippen LogP contribution in [-0.2, 0) is 6.42 Å². The van der Waals surface area contributed by atoms with Crippen molar-refractivity contribution in [3.05, 3.63) is 75.6 Å². The number of benzene rings is 2. The predicted octanol–water partition coefficient (Wildman–Crippen LogP) is 4.44. The number of hydrogen-bond donors (Lipinski definition) is 1. The number of nitrogens with one attached hydrogen (secondary N) is 1. The molecule has 3 rings (SSSR count). The fraction of sp³-hybridized carbons (Fsp3) is 0.143. The number of ether oxygens (including phenoxy) is 2. The summed E-state index contributed by atoms with van der Waals surface area (Å²) in [6.45, 7) is 3.70. The molecule has 6 nitrogen and oxygen atoms in total. The lowest BCUT2D eigenvalue weighted by Crippen LogP contribution is -2.21. The maximum Gasteiger partial charge on any atom is 0.349 e. The summed E-state index contributed by atoms with van der Waals surface area (Å²) < 4.78 is 15.8. The highest BCUT2D eigenvalue weighted by Gasteiger charge is 2.18. The van der Waals surface area contributed by atoms with Gasteiger partial charge in [0.25, 0.3) is 5.91 Å². The number of allylic oxidation sites excluding steroid dienone is 1. The number of carbonyl (C=O) groups excluding carboxylic acids is 1. The normalized spacial score (nSPS) is 10.5. The molecule has 0 aliphatic carbocycles. The third-order valence-corrected chi connectivity index (χ3v) is 4.47. The van der Waals surface area contributed by atoms with Crippen LogP contribution in [0.15, 0.2) is 58.3 Å². The Morgan fingerprint density at radius 1 is 1.21 bits per heavy atom. The van der Waals surface area contributed by atoms with Gasteiger partial charge in [-0.05, 0) is 18.1 Å². The third-order valence-electron chi connectivity index (χ3n) is 4.17. The maximum absolute atomic E-state index is 12.7. The fourth-order valence-electron chi connectivity index (χ4n) is 2.83. The first-order chi connectivity index (χ1) is 13.5. The lowest BCUT2D eigenvalue weighted by atomic mass is 10.1. The van der Waals surface area contributed by atoms with Gasteiger partial charge >= 0.3 is 5.63 Å². The lowest BCUT2D eigenvalue weighted by Gasteiger charge is -2.13. The number of anilines is 1. The summed E-state index contributed by atoms with van der Waals surface area (Å²) in [7, 11) is 2.90. The molecule has 3 aromatic rings. The van der Waals surface area contributed by atoms with Crippen LogP contribution in [0.1, 0.15) is 15.9 Å². The molecule has 28 heavy (non-hydrogen) atoms. The number of carbonyl (C=O) groups is 1. The first-order valence-corrected chi connectivity index (χ1v) is 8.75. The molecule has 0 aliphatic heterocycles. The van der Waals surface area contributed by atoms with E-state index in [1.54, 1.807) is 12.1 Å². The van der Waals surface area contributed by atoms with Gasteiger partial charge in [0.05, 0.1) is 24.9 Å². The van der Waals surface area contributed by atoms with Crippen LogP contribution in [0.4, 0.5) is 5.69 Å². The SMILES string of the molecule is C=CCc1cccc2cc(C(=O)Nc3cc(OC)c(Cl)cc3OC)c(=O)oc12. The van der Waals surface area contributed by atoms with Crippen LogP contribution in [0, 0.1) is 0 Å². The Balaban J connectivity index is 2.02. The van der Waals surface area contributed by atoms with Crippen LogP contribution in [0.5, 0.6) is 11.5 Å². The van der Waals surface area contributed by atoms with Crippen LogP contribution < -0.4 is 20.4 Å². The minimum atomic E-state index is -0.735. The monoisotopic (exact) mass is 399 g/mol. The Kier molecular flexibility index (Phi) is 5.70. The van der Waals surface area contributed by atoms with Gasteiger partial charge in [-0.3, -0.25) is 4.79 Å². The maximum atomic E-state index is 12.7. The molecule has 144 valence electrons. The molecule has 1 amide bonds. The van der Waals surface area contributed by atoms with Crippen molar-refractivity contribution >= 4 is 34.2 Å². The minimum absolute atomic E-state index is 0.126. The van der Waals surface area contributed by atoms with E-state index in [2.05, 4.69) is 11.9 Å². The van der Waals surface area contributed by atoms with Crippen molar-refractivity contribution in [1.82, 2.24) is 0 Å². The molecule has 0 saturated heterocycles. The Labute approximate surface area is 166 Å². The van der Waals surface area contributed by atoms with Gasteiger partial charge in [-0.15, -0.1) is 6.58 Å². The summed E-state index contributed by atoms with van der Waals surface area (Å²) in [5.41, 5.74) is 0.713. The van der Waals surface area contributed by atoms with Crippen molar-refractivity contribution in [2.75, 3.05) is 19.5 Å². The average Bonchev–Trinajstić information content (AvgIpc) is 2.69. The molecule has 0 unspecified atom stereocenters. The van der Waals surface area contributed by atoms with Crippen molar-refractivity contribution in [2.24, 2.45) is 0 Å². The Hall–Kier alpha value is -3.25. The molecule has 1 N–H and O–H groups in total. The summed E-state index contributed by atoms with van der Waals surface area (Å²) in [5, 5.41) is 3.62. The number of halogens is 1. The van der Waals surface area contributed by atoms with Gasteiger partial charge in [0.2, 0.25) is 0 Å². The average molecular weight is 400 g/mol. The first-order valence-electron chi connectivity index (χ1n) is 8.38. The van der Waals surface area contributed by atoms with E-state index in [0.29, 0.717) is 39.6 Å². The number of hydrogen-bond acceptors (Lipinski definition) is 5. The van der Waals surface area contributed by atoms with Crippen molar-refractivity contribution in [3.8, 4) is 11.5 Å². The zero-order chi connectivity index (χ0) is 20.3. The number of fused-ring (bicyclic) bond motifs is 1. The number of rotatable bonds is 6. The number of methoxy groups -OCH3 is 2. The molecule has 0 radical (unpaired) electrons. The lowest BCUT2D eigenvalue weighted by molar-refractivity contribution is 0.102. The summed E-state index contributed by atoms with van der Waals surface area (Å²) in [5.74, 6) is 0.0578. The summed E-state index contributed by atoms with van der Waals surface area (Å²) in [4.78, 5) is 25.1. The highest BCUT2D eigenvalue weighted by molar-refractivity contribution is 6.32. The number of amides is 1. The molecule has 0 bridgehead atoms. The summed E-state index contributed by atoms with van der Waals surface area (Å²) in [6, 6.07) is 9.98. The standard InChI is InChI=1S/C21H18ClNO5/c1-4-6-12-7-5-8-13-9-14(21(25)28-19(12)13)20(24)23-16-11-17(26-2)15(22)10-18(16)27-3/h4-5,7-11H,1,6H2,2-3H3,(H,23,24). The van der Waals surface area contributed by atoms with Crippen LogP contribution in [-0.4, -0.2) is 20.1 Å². The van der Waals surface area contributed by atoms with Gasteiger partial charge in [0.15, 0.2) is 0 Å². The molecule has 1 heterocycles. The van der Waals surface area contributed by atoms with Crippen molar-refractivity contribution in [2.45, 2.75) is 6.42 Å². The van der Waals surface area contributed by atoms with Gasteiger partial charge in [0, 0.05) is 17.5 Å². The van der Waals surface area contributed by atoms with E-state index in [0.717, 1.165) is 5.56 Å². The first kappa shape index (κ1) is 19.5. The largest absolute Gasteiger partial charge is 0.495 e. The topological polar surface area (TPSA) is 77.8 Å². The highest BCUT2D eigenvalue weighted by atomic mass is 35.5. The second kappa shape index (κ2) is 8.19. The van der Waals surface area contributed by atoms with Gasteiger partial charge in [-0.2, -0.15) is 0 Å². The van der Waals surface area contributed by atoms with Crippen LogP contribution in [0.3, 0.4) is 0 Å². The van der Waals surface area contributed by atoms with Gasteiger partial charge in [-0.25, -0.2) is 4.79 Å². The quantitative estimate of drug-likeness (QED) is 0.489. The molecule has 0 aliphatic rings. The predicted molar refractivity (Wildman–Crippen MR) is 109 cm³/mol.